The van der Waals surface area contributed by atoms with E-state index in [1.165, 1.54) is 16.0 Å². The van der Waals surface area contributed by atoms with E-state index in [-0.39, 0.29) is 12.0 Å². The van der Waals surface area contributed by atoms with E-state index in [0.717, 1.165) is 6.42 Å². The number of carbonyl (C=O) groups is 1. The third-order valence-corrected chi connectivity index (χ3v) is 3.50. The lowest BCUT2D eigenvalue weighted by Crippen LogP contribution is -2.38. The Hall–Kier alpha value is -1.45. The van der Waals surface area contributed by atoms with Gasteiger partial charge in [0.1, 0.15) is 0 Å². The van der Waals surface area contributed by atoms with E-state index in [2.05, 4.69) is 19.9 Å². The summed E-state index contributed by atoms with van der Waals surface area (Å²) in [6.07, 6.45) is 4.09. The topological polar surface area (TPSA) is 38.8 Å². The minimum absolute atomic E-state index is 0.170. The van der Waals surface area contributed by atoms with Crippen LogP contribution in [0.4, 0.5) is 4.79 Å². The predicted octanol–water partition coefficient (Wildman–Crippen LogP) is 2.53. The molecule has 0 aromatic carbocycles. The van der Waals surface area contributed by atoms with Gasteiger partial charge in [-0.05, 0) is 31.8 Å². The van der Waals surface area contributed by atoms with E-state index < -0.39 is 6.29 Å². The van der Waals surface area contributed by atoms with Crippen molar-refractivity contribution in [1.82, 2.24) is 4.90 Å². The molecule has 1 aliphatic carbocycles. The van der Waals surface area contributed by atoms with Gasteiger partial charge in [0.2, 0.25) is 0 Å². The van der Waals surface area contributed by atoms with Crippen LogP contribution in [0, 0.1) is 11.8 Å². The number of allylic oxidation sites excluding steroid dienone is 2. The zero-order valence-electron chi connectivity index (χ0n) is 10.8. The van der Waals surface area contributed by atoms with Crippen LogP contribution >= 0.6 is 0 Å². The van der Waals surface area contributed by atoms with Crippen molar-refractivity contribution in [3.8, 4) is 0 Å². The van der Waals surface area contributed by atoms with E-state index in [1.807, 2.05) is 0 Å². The van der Waals surface area contributed by atoms with Crippen molar-refractivity contribution >= 4 is 6.09 Å². The molecule has 3 unspecified atom stereocenters. The Morgan fingerprint density at radius 2 is 2.12 bits per heavy atom. The Morgan fingerprint density at radius 1 is 1.41 bits per heavy atom. The maximum atomic E-state index is 11.6. The molecule has 0 saturated carbocycles. The minimum atomic E-state index is -0.489. The van der Waals surface area contributed by atoms with E-state index in [1.54, 1.807) is 20.4 Å². The van der Waals surface area contributed by atoms with Gasteiger partial charge in [0, 0.05) is 14.1 Å². The highest BCUT2D eigenvalue weighted by Gasteiger charge is 2.41. The van der Waals surface area contributed by atoms with Crippen LogP contribution in [0.5, 0.6) is 0 Å². The van der Waals surface area contributed by atoms with Crippen molar-refractivity contribution in [2.75, 3.05) is 14.1 Å². The number of hydrogen-bond donors (Lipinski definition) is 0. The van der Waals surface area contributed by atoms with Crippen molar-refractivity contribution in [3.05, 3.63) is 23.5 Å². The van der Waals surface area contributed by atoms with Crippen LogP contribution in [-0.4, -0.2) is 31.4 Å². The second kappa shape index (κ2) is 4.43. The molecule has 0 spiro atoms. The zero-order valence-corrected chi connectivity index (χ0v) is 10.8. The summed E-state index contributed by atoms with van der Waals surface area (Å²) in [5.74, 6) is 0.590. The second-order valence-electron chi connectivity index (χ2n) is 4.96. The molecule has 4 heteroatoms. The zero-order chi connectivity index (χ0) is 12.6. The lowest BCUT2D eigenvalue weighted by molar-refractivity contribution is -0.113. The van der Waals surface area contributed by atoms with Gasteiger partial charge in [-0.25, -0.2) is 4.79 Å². The molecule has 0 radical (unpaired) electrons. The summed E-state index contributed by atoms with van der Waals surface area (Å²) in [7, 11) is 3.34. The van der Waals surface area contributed by atoms with Gasteiger partial charge in [-0.3, -0.25) is 0 Å². The Balaban J connectivity index is 2.13. The highest BCUT2D eigenvalue weighted by Crippen LogP contribution is 2.42. The molecule has 2 aliphatic rings. The summed E-state index contributed by atoms with van der Waals surface area (Å²) < 4.78 is 10.9. The van der Waals surface area contributed by atoms with Gasteiger partial charge in [0.25, 0.3) is 6.29 Å². The molecule has 2 rings (SSSR count). The molecule has 0 aromatic rings. The number of carbonyl (C=O) groups excluding carboxylic acids is 1. The fourth-order valence-corrected chi connectivity index (χ4v) is 2.44. The van der Waals surface area contributed by atoms with E-state index in [9.17, 15) is 4.79 Å². The van der Waals surface area contributed by atoms with Gasteiger partial charge in [-0.1, -0.05) is 11.6 Å². The van der Waals surface area contributed by atoms with Crippen LogP contribution in [-0.2, 0) is 9.47 Å². The highest BCUT2D eigenvalue weighted by atomic mass is 16.7. The van der Waals surface area contributed by atoms with Crippen LogP contribution in [0.15, 0.2) is 23.5 Å². The van der Waals surface area contributed by atoms with E-state index >= 15 is 0 Å². The SMILES string of the molecule is CC1=COC(OC(=O)N(C)C)C2C(C)=CCC12. The predicted molar refractivity (Wildman–Crippen MR) is 64.2 cm³/mol. The third-order valence-electron chi connectivity index (χ3n) is 3.50. The first-order chi connectivity index (χ1) is 8.00. The average molecular weight is 237 g/mol. The van der Waals surface area contributed by atoms with Gasteiger partial charge in [-0.15, -0.1) is 0 Å². The number of nitrogens with zero attached hydrogens (tertiary/aromatic N) is 1. The average Bonchev–Trinajstić information content (AvgIpc) is 2.66. The summed E-state index contributed by atoms with van der Waals surface area (Å²) in [6, 6.07) is 0. The molecule has 4 nitrogen and oxygen atoms in total. The van der Waals surface area contributed by atoms with Gasteiger partial charge in [0.15, 0.2) is 0 Å². The molecule has 94 valence electrons. The minimum Gasteiger partial charge on any atom is -0.462 e. The molecule has 0 N–H and O–H groups in total. The van der Waals surface area contributed by atoms with Gasteiger partial charge in [0.05, 0.1) is 12.2 Å². The number of ether oxygens (including phenoxy) is 2. The molecule has 1 heterocycles. The molecule has 1 aliphatic heterocycles. The van der Waals surface area contributed by atoms with Gasteiger partial charge >= 0.3 is 6.09 Å². The lowest BCUT2D eigenvalue weighted by Gasteiger charge is -2.34. The van der Waals surface area contributed by atoms with Crippen molar-refractivity contribution in [2.24, 2.45) is 11.8 Å². The molecular formula is C13H19NO3. The van der Waals surface area contributed by atoms with Crippen LogP contribution in [0.3, 0.4) is 0 Å². The third kappa shape index (κ3) is 2.16. The Kier molecular flexibility index (Phi) is 3.13. The van der Waals surface area contributed by atoms with Crippen molar-refractivity contribution in [3.63, 3.8) is 0 Å². The van der Waals surface area contributed by atoms with Gasteiger partial charge in [-0.2, -0.15) is 0 Å². The molecular weight excluding hydrogens is 218 g/mol. The maximum absolute atomic E-state index is 11.6. The van der Waals surface area contributed by atoms with Crippen LogP contribution in [0.2, 0.25) is 0 Å². The Morgan fingerprint density at radius 3 is 2.76 bits per heavy atom. The first kappa shape index (κ1) is 12.0. The lowest BCUT2D eigenvalue weighted by atomic mass is 9.85. The van der Waals surface area contributed by atoms with Crippen molar-refractivity contribution in [2.45, 2.75) is 26.6 Å². The molecule has 0 bridgehead atoms. The van der Waals surface area contributed by atoms with Crippen molar-refractivity contribution in [1.29, 1.82) is 0 Å². The summed E-state index contributed by atoms with van der Waals surface area (Å²) in [5, 5.41) is 0. The Bertz CT molecular complexity index is 384. The number of hydrogen-bond acceptors (Lipinski definition) is 3. The van der Waals surface area contributed by atoms with Crippen molar-refractivity contribution < 1.29 is 14.3 Å². The molecule has 0 fully saturated rings. The summed E-state index contributed by atoms with van der Waals surface area (Å²) in [6.45, 7) is 4.14. The summed E-state index contributed by atoms with van der Waals surface area (Å²) >= 11 is 0. The van der Waals surface area contributed by atoms with E-state index in [4.69, 9.17) is 9.47 Å². The molecule has 1 amide bonds. The first-order valence-corrected chi connectivity index (χ1v) is 5.87. The van der Waals surface area contributed by atoms with E-state index in [0.29, 0.717) is 5.92 Å². The molecule has 3 atom stereocenters. The van der Waals surface area contributed by atoms with Gasteiger partial charge < -0.3 is 14.4 Å². The number of rotatable bonds is 1. The van der Waals surface area contributed by atoms with Crippen LogP contribution in [0.1, 0.15) is 20.3 Å². The fourth-order valence-electron chi connectivity index (χ4n) is 2.44. The molecule has 0 saturated heterocycles. The first-order valence-electron chi connectivity index (χ1n) is 5.87. The number of amides is 1. The fraction of sp³-hybridized carbons (Fsp3) is 0.615. The summed E-state index contributed by atoms with van der Waals surface area (Å²) in [4.78, 5) is 13.0. The maximum Gasteiger partial charge on any atom is 0.412 e. The van der Waals surface area contributed by atoms with Crippen LogP contribution in [0.25, 0.3) is 0 Å². The summed E-state index contributed by atoms with van der Waals surface area (Å²) in [5.41, 5.74) is 2.47. The number of fused-ring (bicyclic) bond motifs is 1. The Labute approximate surface area is 102 Å². The standard InChI is InChI=1S/C13H19NO3/c1-8-5-6-10-9(2)7-16-12(11(8)10)17-13(15)14(3)4/h5,7,10-12H,6H2,1-4H3. The second-order valence-corrected chi connectivity index (χ2v) is 4.96. The highest BCUT2D eigenvalue weighted by molar-refractivity contribution is 5.67. The normalized spacial score (nSPS) is 30.9. The smallest absolute Gasteiger partial charge is 0.412 e. The molecule has 0 aromatic heterocycles. The van der Waals surface area contributed by atoms with Crippen LogP contribution < -0.4 is 0 Å². The largest absolute Gasteiger partial charge is 0.462 e. The monoisotopic (exact) mass is 237 g/mol. The molecule has 17 heavy (non-hydrogen) atoms. The quantitative estimate of drug-likeness (QED) is 0.658.